The molecule has 0 amide bonds. The molecule has 0 saturated carbocycles. The number of anilines is 2. The van der Waals surface area contributed by atoms with Gasteiger partial charge in [-0.3, -0.25) is 4.57 Å². The van der Waals surface area contributed by atoms with E-state index in [1.165, 1.54) is 0 Å². The molecule has 28 heavy (non-hydrogen) atoms. The summed E-state index contributed by atoms with van der Waals surface area (Å²) in [5.41, 5.74) is 0.774. The Morgan fingerprint density at radius 2 is 1.54 bits per heavy atom. The predicted molar refractivity (Wildman–Crippen MR) is 106 cm³/mol. The second-order valence-corrected chi connectivity index (χ2v) is 6.88. The van der Waals surface area contributed by atoms with E-state index in [0.717, 1.165) is 60.9 Å². The molecule has 0 radical (unpaired) electrons. The lowest BCUT2D eigenvalue weighted by Crippen LogP contribution is -2.47. The largest absolute Gasteiger partial charge is 0.353 e. The SMILES string of the molecule is Cc1nccn1-c1cccc(N2CCN(c3ccc4nnc(C)n4n3)CC2)n1. The Morgan fingerprint density at radius 1 is 0.786 bits per heavy atom. The van der Waals surface area contributed by atoms with Gasteiger partial charge in [0.2, 0.25) is 0 Å². The first-order valence-corrected chi connectivity index (χ1v) is 9.35. The van der Waals surface area contributed by atoms with Crippen LogP contribution in [0.1, 0.15) is 11.6 Å². The van der Waals surface area contributed by atoms with E-state index in [0.29, 0.717) is 0 Å². The van der Waals surface area contributed by atoms with Gasteiger partial charge in [0.05, 0.1) is 0 Å². The van der Waals surface area contributed by atoms with Gasteiger partial charge in [0.15, 0.2) is 11.5 Å². The van der Waals surface area contributed by atoms with Crippen molar-refractivity contribution in [3.63, 3.8) is 0 Å². The number of imidazole rings is 1. The normalized spacial score (nSPS) is 14.8. The molecule has 0 spiro atoms. The van der Waals surface area contributed by atoms with Crippen molar-refractivity contribution in [1.82, 2.24) is 34.3 Å². The third-order valence-electron chi connectivity index (χ3n) is 5.12. The van der Waals surface area contributed by atoms with Gasteiger partial charge in [-0.25, -0.2) is 9.97 Å². The van der Waals surface area contributed by atoms with Crippen LogP contribution in [0.3, 0.4) is 0 Å². The van der Waals surface area contributed by atoms with Crippen LogP contribution in [0.4, 0.5) is 11.6 Å². The second kappa shape index (κ2) is 6.59. The van der Waals surface area contributed by atoms with Crippen LogP contribution in [0.5, 0.6) is 0 Å². The molecule has 5 rings (SSSR count). The number of fused-ring (bicyclic) bond motifs is 1. The summed E-state index contributed by atoms with van der Waals surface area (Å²) < 4.78 is 3.79. The number of hydrogen-bond acceptors (Lipinski definition) is 7. The summed E-state index contributed by atoms with van der Waals surface area (Å²) >= 11 is 0. The van der Waals surface area contributed by atoms with Crippen molar-refractivity contribution >= 4 is 17.3 Å². The predicted octanol–water partition coefficient (Wildman–Crippen LogP) is 1.65. The maximum Gasteiger partial charge on any atom is 0.178 e. The number of aromatic nitrogens is 7. The highest BCUT2D eigenvalue weighted by molar-refractivity contribution is 5.49. The summed E-state index contributed by atoms with van der Waals surface area (Å²) in [7, 11) is 0. The van der Waals surface area contributed by atoms with Gasteiger partial charge in [-0.1, -0.05) is 6.07 Å². The highest BCUT2D eigenvalue weighted by Crippen LogP contribution is 2.20. The molecule has 142 valence electrons. The van der Waals surface area contributed by atoms with Crippen molar-refractivity contribution in [3.8, 4) is 5.82 Å². The zero-order valence-electron chi connectivity index (χ0n) is 15.9. The Hall–Kier alpha value is -3.49. The Bertz CT molecular complexity index is 1120. The molecule has 9 heteroatoms. The summed E-state index contributed by atoms with van der Waals surface area (Å²) in [6.07, 6.45) is 3.73. The van der Waals surface area contributed by atoms with Gasteiger partial charge in [-0.15, -0.1) is 15.3 Å². The lowest BCUT2D eigenvalue weighted by molar-refractivity contribution is 0.634. The highest BCUT2D eigenvalue weighted by atomic mass is 15.4. The summed E-state index contributed by atoms with van der Waals surface area (Å²) in [5.74, 6) is 4.56. The van der Waals surface area contributed by atoms with Crippen LogP contribution < -0.4 is 9.80 Å². The van der Waals surface area contributed by atoms with Crippen molar-refractivity contribution in [1.29, 1.82) is 0 Å². The molecule has 0 N–H and O–H groups in total. The van der Waals surface area contributed by atoms with Crippen LogP contribution in [0, 0.1) is 13.8 Å². The van der Waals surface area contributed by atoms with Gasteiger partial charge < -0.3 is 9.80 Å². The molecule has 0 bridgehead atoms. The van der Waals surface area contributed by atoms with E-state index in [1.54, 1.807) is 10.7 Å². The maximum absolute atomic E-state index is 4.84. The highest BCUT2D eigenvalue weighted by Gasteiger charge is 2.20. The molecule has 4 aromatic heterocycles. The Labute approximate surface area is 162 Å². The van der Waals surface area contributed by atoms with E-state index < -0.39 is 0 Å². The standard InChI is InChI=1S/C19H21N9/c1-14-20-8-9-27(14)17-5-3-4-16(21-17)25-10-12-26(13-11-25)19-7-6-18-23-22-15(2)28(18)24-19/h3-9H,10-13H2,1-2H3. The van der Waals surface area contributed by atoms with Crippen LogP contribution >= 0.6 is 0 Å². The number of aryl methyl sites for hydroxylation is 2. The average Bonchev–Trinajstić information content (AvgIpc) is 3.34. The molecule has 0 aliphatic carbocycles. The van der Waals surface area contributed by atoms with E-state index in [1.807, 2.05) is 48.9 Å². The fourth-order valence-electron chi connectivity index (χ4n) is 3.56. The Kier molecular flexibility index (Phi) is 3.92. The molecule has 0 aromatic carbocycles. The van der Waals surface area contributed by atoms with Gasteiger partial charge in [0, 0.05) is 38.6 Å². The quantitative estimate of drug-likeness (QED) is 0.539. The maximum atomic E-state index is 4.84. The number of piperazine rings is 1. The Morgan fingerprint density at radius 3 is 2.29 bits per heavy atom. The zero-order valence-corrected chi connectivity index (χ0v) is 15.9. The van der Waals surface area contributed by atoms with E-state index in [2.05, 4.69) is 36.1 Å². The average molecular weight is 375 g/mol. The molecular weight excluding hydrogens is 354 g/mol. The molecule has 1 aliphatic rings. The lowest BCUT2D eigenvalue weighted by atomic mass is 10.3. The third-order valence-corrected chi connectivity index (χ3v) is 5.12. The van der Waals surface area contributed by atoms with Crippen LogP contribution in [0.15, 0.2) is 42.7 Å². The van der Waals surface area contributed by atoms with Crippen molar-refractivity contribution in [2.24, 2.45) is 0 Å². The first-order chi connectivity index (χ1) is 13.7. The van der Waals surface area contributed by atoms with Crippen molar-refractivity contribution in [3.05, 3.63) is 54.4 Å². The van der Waals surface area contributed by atoms with Gasteiger partial charge in [-0.05, 0) is 38.1 Å². The monoisotopic (exact) mass is 375 g/mol. The third kappa shape index (κ3) is 2.84. The summed E-state index contributed by atoms with van der Waals surface area (Å²) in [4.78, 5) is 13.7. The molecule has 0 atom stereocenters. The van der Waals surface area contributed by atoms with E-state index in [4.69, 9.17) is 4.98 Å². The minimum absolute atomic E-state index is 0.774. The molecule has 9 nitrogen and oxygen atoms in total. The van der Waals surface area contributed by atoms with Crippen LogP contribution in [-0.2, 0) is 0 Å². The van der Waals surface area contributed by atoms with Gasteiger partial charge in [0.1, 0.15) is 23.3 Å². The van der Waals surface area contributed by atoms with E-state index in [-0.39, 0.29) is 0 Å². The first-order valence-electron chi connectivity index (χ1n) is 9.35. The zero-order chi connectivity index (χ0) is 19.1. The fourth-order valence-corrected chi connectivity index (χ4v) is 3.56. The molecule has 1 fully saturated rings. The summed E-state index contributed by atoms with van der Waals surface area (Å²) in [5, 5.41) is 12.9. The minimum atomic E-state index is 0.774. The fraction of sp³-hybridized carbons (Fsp3) is 0.316. The van der Waals surface area contributed by atoms with Gasteiger partial charge >= 0.3 is 0 Å². The van der Waals surface area contributed by atoms with Gasteiger partial charge in [-0.2, -0.15) is 4.52 Å². The van der Waals surface area contributed by atoms with Crippen molar-refractivity contribution in [2.45, 2.75) is 13.8 Å². The topological polar surface area (TPSA) is 80.3 Å². The van der Waals surface area contributed by atoms with Crippen molar-refractivity contribution in [2.75, 3.05) is 36.0 Å². The smallest absolute Gasteiger partial charge is 0.178 e. The minimum Gasteiger partial charge on any atom is -0.353 e. The number of pyridine rings is 1. The van der Waals surface area contributed by atoms with Crippen LogP contribution in [0.25, 0.3) is 11.5 Å². The van der Waals surface area contributed by atoms with Crippen LogP contribution in [0.2, 0.25) is 0 Å². The molecule has 1 saturated heterocycles. The number of nitrogens with zero attached hydrogens (tertiary/aromatic N) is 9. The second-order valence-electron chi connectivity index (χ2n) is 6.88. The van der Waals surface area contributed by atoms with E-state index >= 15 is 0 Å². The van der Waals surface area contributed by atoms with E-state index in [9.17, 15) is 0 Å². The number of hydrogen-bond donors (Lipinski definition) is 0. The van der Waals surface area contributed by atoms with Crippen LogP contribution in [-0.4, -0.2) is 60.5 Å². The molecule has 5 heterocycles. The summed E-state index contributed by atoms with van der Waals surface area (Å²) in [6, 6.07) is 10.1. The first kappa shape index (κ1) is 16.7. The molecule has 4 aromatic rings. The number of rotatable bonds is 3. The lowest BCUT2D eigenvalue weighted by Gasteiger charge is -2.36. The van der Waals surface area contributed by atoms with Gasteiger partial charge in [0.25, 0.3) is 0 Å². The molecule has 1 aliphatic heterocycles. The molecule has 0 unspecified atom stereocenters. The molecular formula is C19H21N9. The summed E-state index contributed by atoms with van der Waals surface area (Å²) in [6.45, 7) is 7.44. The van der Waals surface area contributed by atoms with Crippen molar-refractivity contribution < 1.29 is 0 Å². The Balaban J connectivity index is 1.33.